The molecule has 1 aliphatic carbocycles. The Bertz CT molecular complexity index is 321. The van der Waals surface area contributed by atoms with Crippen LogP contribution in [0, 0.1) is 5.92 Å². The van der Waals surface area contributed by atoms with E-state index in [-0.39, 0.29) is 16.7 Å². The van der Waals surface area contributed by atoms with Crippen molar-refractivity contribution in [1.29, 1.82) is 0 Å². The van der Waals surface area contributed by atoms with Crippen LogP contribution in [-0.2, 0) is 4.74 Å². The number of hydrogen-bond donors (Lipinski definition) is 1. The molecule has 1 saturated heterocycles. The van der Waals surface area contributed by atoms with Gasteiger partial charge in [-0.1, -0.05) is 12.8 Å². The minimum absolute atomic E-state index is 0.0287. The molecule has 0 aromatic heterocycles. The van der Waals surface area contributed by atoms with Gasteiger partial charge in [0.05, 0.1) is 16.7 Å². The summed E-state index contributed by atoms with van der Waals surface area (Å²) in [4.78, 5) is 2.51. The van der Waals surface area contributed by atoms with Crippen LogP contribution in [0.25, 0.3) is 0 Å². The third-order valence-electron chi connectivity index (χ3n) is 5.45. The summed E-state index contributed by atoms with van der Waals surface area (Å²) < 4.78 is 6.31. The Balaban J connectivity index is 2.16. The molecule has 2 rings (SSSR count). The number of likely N-dealkylation sites (N-methyl/N-ethyl adjacent to an activating group) is 1. The van der Waals surface area contributed by atoms with Gasteiger partial charge in [0.1, 0.15) is 0 Å². The van der Waals surface area contributed by atoms with Crippen LogP contribution < -0.4 is 5.73 Å². The van der Waals surface area contributed by atoms with Crippen LogP contribution in [-0.4, -0.2) is 41.8 Å². The van der Waals surface area contributed by atoms with Crippen molar-refractivity contribution in [2.45, 2.75) is 76.5 Å². The van der Waals surface area contributed by atoms with E-state index in [9.17, 15) is 0 Å². The SMILES string of the molecule is CN(CC1CCCC1)C1(CN)CC(C)(C)OC1(C)C. The van der Waals surface area contributed by atoms with Crippen LogP contribution in [0.15, 0.2) is 0 Å². The highest BCUT2D eigenvalue weighted by Crippen LogP contribution is 2.48. The molecule has 0 amide bonds. The van der Waals surface area contributed by atoms with Gasteiger partial charge in [0.25, 0.3) is 0 Å². The molecule has 0 aromatic carbocycles. The van der Waals surface area contributed by atoms with Gasteiger partial charge < -0.3 is 10.5 Å². The maximum absolute atomic E-state index is 6.31. The summed E-state index contributed by atoms with van der Waals surface area (Å²) in [6.07, 6.45) is 6.59. The quantitative estimate of drug-likeness (QED) is 0.852. The molecule has 1 heterocycles. The summed E-state index contributed by atoms with van der Waals surface area (Å²) in [5, 5.41) is 0. The van der Waals surface area contributed by atoms with E-state index in [0.717, 1.165) is 12.3 Å². The van der Waals surface area contributed by atoms with Crippen LogP contribution >= 0.6 is 0 Å². The number of rotatable bonds is 4. The minimum atomic E-state index is -0.182. The molecule has 0 radical (unpaired) electrons. The van der Waals surface area contributed by atoms with Crippen molar-refractivity contribution in [3.8, 4) is 0 Å². The topological polar surface area (TPSA) is 38.5 Å². The van der Waals surface area contributed by atoms with Crippen LogP contribution in [0.2, 0.25) is 0 Å². The lowest BCUT2D eigenvalue weighted by molar-refractivity contribution is -0.101. The van der Waals surface area contributed by atoms with E-state index in [1.165, 1.54) is 32.2 Å². The molecule has 2 aliphatic rings. The molecular formula is C16H32N2O. The second-order valence-corrected chi connectivity index (χ2v) is 7.82. The Morgan fingerprint density at radius 1 is 1.16 bits per heavy atom. The fraction of sp³-hybridized carbons (Fsp3) is 1.00. The number of ether oxygens (including phenoxy) is 1. The highest BCUT2D eigenvalue weighted by molar-refractivity contribution is 5.12. The lowest BCUT2D eigenvalue weighted by Gasteiger charge is -2.47. The maximum atomic E-state index is 6.31. The Morgan fingerprint density at radius 2 is 1.74 bits per heavy atom. The zero-order valence-corrected chi connectivity index (χ0v) is 13.5. The monoisotopic (exact) mass is 268 g/mol. The highest BCUT2D eigenvalue weighted by Gasteiger charge is 2.58. The van der Waals surface area contributed by atoms with E-state index in [1.807, 2.05) is 0 Å². The average molecular weight is 268 g/mol. The van der Waals surface area contributed by atoms with E-state index < -0.39 is 0 Å². The number of nitrogens with zero attached hydrogens (tertiary/aromatic N) is 1. The Labute approximate surface area is 118 Å². The molecule has 1 saturated carbocycles. The predicted octanol–water partition coefficient (Wildman–Crippen LogP) is 2.78. The average Bonchev–Trinajstić information content (AvgIpc) is 2.82. The molecule has 0 bridgehead atoms. The van der Waals surface area contributed by atoms with E-state index in [2.05, 4.69) is 39.6 Å². The van der Waals surface area contributed by atoms with E-state index in [4.69, 9.17) is 10.5 Å². The maximum Gasteiger partial charge on any atom is 0.0829 e. The summed E-state index contributed by atoms with van der Waals surface area (Å²) in [5.74, 6) is 0.855. The zero-order valence-electron chi connectivity index (χ0n) is 13.5. The molecule has 3 nitrogen and oxygen atoms in total. The first-order valence-corrected chi connectivity index (χ1v) is 7.84. The van der Waals surface area contributed by atoms with Gasteiger partial charge in [0.2, 0.25) is 0 Å². The normalized spacial score (nSPS) is 34.3. The van der Waals surface area contributed by atoms with Crippen LogP contribution in [0.3, 0.4) is 0 Å². The van der Waals surface area contributed by atoms with Gasteiger partial charge in [0.15, 0.2) is 0 Å². The van der Waals surface area contributed by atoms with Crippen molar-refractivity contribution in [1.82, 2.24) is 4.90 Å². The molecule has 1 atom stereocenters. The zero-order chi connectivity index (χ0) is 14.3. The molecule has 1 unspecified atom stereocenters. The molecule has 2 N–H and O–H groups in total. The third-order valence-corrected chi connectivity index (χ3v) is 5.45. The number of nitrogens with two attached hydrogens (primary N) is 1. The Kier molecular flexibility index (Phi) is 4.03. The molecule has 0 aromatic rings. The number of hydrogen-bond acceptors (Lipinski definition) is 3. The Morgan fingerprint density at radius 3 is 2.16 bits per heavy atom. The summed E-state index contributed by atoms with van der Waals surface area (Å²) in [5.41, 5.74) is 5.93. The Hall–Kier alpha value is -0.120. The van der Waals surface area contributed by atoms with Gasteiger partial charge >= 0.3 is 0 Å². The van der Waals surface area contributed by atoms with Gasteiger partial charge in [-0.05, 0) is 59.9 Å². The molecule has 2 fully saturated rings. The summed E-state index contributed by atoms with van der Waals surface area (Å²) >= 11 is 0. The fourth-order valence-electron chi connectivity index (χ4n) is 4.56. The molecule has 112 valence electrons. The molecular weight excluding hydrogens is 236 g/mol. The standard InChI is InChI=1S/C16H32N2O/c1-14(2)11-16(12-17,15(3,4)19-14)18(5)10-13-8-6-7-9-13/h13H,6-12,17H2,1-5H3. The van der Waals surface area contributed by atoms with E-state index >= 15 is 0 Å². The second-order valence-electron chi connectivity index (χ2n) is 7.82. The molecule has 1 aliphatic heterocycles. The van der Waals surface area contributed by atoms with Crippen molar-refractivity contribution >= 4 is 0 Å². The predicted molar refractivity (Wildman–Crippen MR) is 80.2 cm³/mol. The van der Waals surface area contributed by atoms with Crippen LogP contribution in [0.5, 0.6) is 0 Å². The molecule has 19 heavy (non-hydrogen) atoms. The van der Waals surface area contributed by atoms with Crippen molar-refractivity contribution in [2.75, 3.05) is 20.1 Å². The fourth-order valence-corrected chi connectivity index (χ4v) is 4.56. The first-order valence-electron chi connectivity index (χ1n) is 7.84. The van der Waals surface area contributed by atoms with Gasteiger partial charge in [0, 0.05) is 13.1 Å². The minimum Gasteiger partial charge on any atom is -0.368 e. The first kappa shape index (κ1) is 15.3. The first-order chi connectivity index (χ1) is 8.72. The molecule has 3 heteroatoms. The smallest absolute Gasteiger partial charge is 0.0829 e. The van der Waals surface area contributed by atoms with Crippen molar-refractivity contribution < 1.29 is 4.74 Å². The van der Waals surface area contributed by atoms with Crippen LogP contribution in [0.1, 0.15) is 59.8 Å². The van der Waals surface area contributed by atoms with Gasteiger partial charge in [-0.15, -0.1) is 0 Å². The lowest BCUT2D eigenvalue weighted by Crippen LogP contribution is -2.62. The van der Waals surface area contributed by atoms with E-state index in [1.54, 1.807) is 0 Å². The van der Waals surface area contributed by atoms with Crippen molar-refractivity contribution in [3.05, 3.63) is 0 Å². The van der Waals surface area contributed by atoms with Crippen molar-refractivity contribution in [2.24, 2.45) is 11.7 Å². The van der Waals surface area contributed by atoms with E-state index in [0.29, 0.717) is 6.54 Å². The van der Waals surface area contributed by atoms with Gasteiger partial charge in [-0.2, -0.15) is 0 Å². The highest BCUT2D eigenvalue weighted by atomic mass is 16.5. The largest absolute Gasteiger partial charge is 0.368 e. The third kappa shape index (κ3) is 2.70. The lowest BCUT2D eigenvalue weighted by atomic mass is 9.77. The summed E-state index contributed by atoms with van der Waals surface area (Å²) in [6.45, 7) is 10.6. The summed E-state index contributed by atoms with van der Waals surface area (Å²) in [6, 6.07) is 0. The second kappa shape index (κ2) is 5.01. The molecule has 0 spiro atoms. The van der Waals surface area contributed by atoms with Gasteiger partial charge in [-0.3, -0.25) is 4.90 Å². The van der Waals surface area contributed by atoms with Crippen molar-refractivity contribution in [3.63, 3.8) is 0 Å². The van der Waals surface area contributed by atoms with Crippen LogP contribution in [0.4, 0.5) is 0 Å². The summed E-state index contributed by atoms with van der Waals surface area (Å²) in [7, 11) is 2.25. The van der Waals surface area contributed by atoms with Gasteiger partial charge in [-0.25, -0.2) is 0 Å².